The topological polar surface area (TPSA) is 38.3 Å². The summed E-state index contributed by atoms with van der Waals surface area (Å²) in [5.41, 5.74) is 0. The highest BCUT2D eigenvalue weighted by molar-refractivity contribution is 5.79. The Hall–Kier alpha value is -0.710. The number of nitrogens with one attached hydrogen (secondary N) is 1. The normalized spacial score (nSPS) is 26.6. The maximum absolute atomic E-state index is 12.9. The summed E-state index contributed by atoms with van der Waals surface area (Å²) in [5, 5.41) is 3.14. The van der Waals surface area contributed by atoms with Crippen LogP contribution in [-0.4, -0.2) is 30.6 Å². The van der Waals surface area contributed by atoms with Gasteiger partial charge in [0.1, 0.15) is 6.10 Å². The molecular formula is C12H21F2NO2. The second-order valence-corrected chi connectivity index (χ2v) is 4.99. The molecule has 1 aliphatic rings. The third kappa shape index (κ3) is 4.22. The van der Waals surface area contributed by atoms with Crippen LogP contribution in [0.25, 0.3) is 0 Å². The number of esters is 1. The molecule has 1 fully saturated rings. The summed E-state index contributed by atoms with van der Waals surface area (Å²) in [6.45, 7) is 6.60. The third-order valence-electron chi connectivity index (χ3n) is 3.20. The number of alkyl halides is 2. The zero-order chi connectivity index (χ0) is 13.1. The average molecular weight is 249 g/mol. The summed E-state index contributed by atoms with van der Waals surface area (Å²) in [4.78, 5) is 10.8. The van der Waals surface area contributed by atoms with E-state index in [-0.39, 0.29) is 6.04 Å². The van der Waals surface area contributed by atoms with Crippen molar-refractivity contribution in [3.05, 3.63) is 0 Å². The van der Waals surface area contributed by atoms with Crippen LogP contribution in [0.2, 0.25) is 0 Å². The molecule has 3 unspecified atom stereocenters. The Morgan fingerprint density at radius 3 is 2.65 bits per heavy atom. The molecule has 1 heterocycles. The molecule has 0 saturated carbocycles. The van der Waals surface area contributed by atoms with Crippen molar-refractivity contribution in [2.75, 3.05) is 6.54 Å². The molecule has 3 nitrogen and oxygen atoms in total. The van der Waals surface area contributed by atoms with E-state index in [0.29, 0.717) is 12.5 Å². The van der Waals surface area contributed by atoms with Gasteiger partial charge in [0.2, 0.25) is 0 Å². The molecule has 0 bridgehead atoms. The zero-order valence-electron chi connectivity index (χ0n) is 10.6. The molecule has 100 valence electrons. The number of ether oxygens (including phenoxy) is 1. The molecule has 0 amide bonds. The maximum atomic E-state index is 12.9. The van der Waals surface area contributed by atoms with Gasteiger partial charge in [0.25, 0.3) is 0 Å². The van der Waals surface area contributed by atoms with Crippen LogP contribution >= 0.6 is 0 Å². The van der Waals surface area contributed by atoms with Gasteiger partial charge in [-0.2, -0.15) is 8.78 Å². The van der Waals surface area contributed by atoms with Gasteiger partial charge < -0.3 is 10.1 Å². The molecule has 0 aromatic carbocycles. The van der Waals surface area contributed by atoms with Gasteiger partial charge in [-0.1, -0.05) is 20.3 Å². The first-order valence-corrected chi connectivity index (χ1v) is 6.17. The average Bonchev–Trinajstić information content (AvgIpc) is 2.50. The Kier molecular flexibility index (Phi) is 4.86. The largest absolute Gasteiger partial charge is 0.456 e. The number of cyclic esters (lactones) is 1. The predicted molar refractivity (Wildman–Crippen MR) is 61.0 cm³/mol. The second kappa shape index (κ2) is 5.76. The Balaban J connectivity index is 2.26. The van der Waals surface area contributed by atoms with Gasteiger partial charge in [0.15, 0.2) is 0 Å². The van der Waals surface area contributed by atoms with E-state index in [4.69, 9.17) is 0 Å². The summed E-state index contributed by atoms with van der Waals surface area (Å²) in [7, 11) is 0. The monoisotopic (exact) mass is 249 g/mol. The molecule has 5 heteroatoms. The molecule has 0 radical (unpaired) electrons. The second-order valence-electron chi connectivity index (χ2n) is 4.99. The number of halogens is 2. The number of hydrogen-bond acceptors (Lipinski definition) is 3. The molecule has 1 N–H and O–H groups in total. The molecule has 17 heavy (non-hydrogen) atoms. The number of rotatable bonds is 6. The van der Waals surface area contributed by atoms with Crippen molar-refractivity contribution in [2.45, 2.75) is 58.1 Å². The summed E-state index contributed by atoms with van der Waals surface area (Å²) in [5.74, 6) is -4.09. The van der Waals surface area contributed by atoms with Crippen LogP contribution in [0.5, 0.6) is 0 Å². The highest BCUT2D eigenvalue weighted by atomic mass is 19.3. The number of carbonyl (C=O) groups excluding carboxylic acids is 1. The van der Waals surface area contributed by atoms with Crippen molar-refractivity contribution >= 4 is 5.97 Å². The lowest BCUT2D eigenvalue weighted by molar-refractivity contribution is -0.159. The Morgan fingerprint density at radius 1 is 1.53 bits per heavy atom. The predicted octanol–water partition coefficient (Wildman–Crippen LogP) is 2.35. The zero-order valence-corrected chi connectivity index (χ0v) is 10.6. The summed E-state index contributed by atoms with van der Waals surface area (Å²) < 4.78 is 30.4. The van der Waals surface area contributed by atoms with E-state index in [1.807, 2.05) is 6.92 Å². The molecule has 0 aromatic rings. The molecule has 0 aromatic heterocycles. The fraction of sp³-hybridized carbons (Fsp3) is 0.917. The van der Waals surface area contributed by atoms with E-state index in [1.54, 1.807) is 0 Å². The van der Waals surface area contributed by atoms with Gasteiger partial charge in [-0.25, -0.2) is 4.79 Å². The molecule has 0 aliphatic carbocycles. The van der Waals surface area contributed by atoms with Crippen molar-refractivity contribution in [2.24, 2.45) is 5.92 Å². The summed E-state index contributed by atoms with van der Waals surface area (Å²) >= 11 is 0. The number of hydrogen-bond donors (Lipinski definition) is 1. The van der Waals surface area contributed by atoms with Gasteiger partial charge >= 0.3 is 11.9 Å². The van der Waals surface area contributed by atoms with E-state index in [9.17, 15) is 13.6 Å². The van der Waals surface area contributed by atoms with Gasteiger partial charge in [-0.3, -0.25) is 0 Å². The van der Waals surface area contributed by atoms with Gasteiger partial charge in [0.05, 0.1) is 6.42 Å². The fourth-order valence-corrected chi connectivity index (χ4v) is 1.95. The summed E-state index contributed by atoms with van der Waals surface area (Å²) in [6, 6.07) is 0.248. The van der Waals surface area contributed by atoms with Crippen LogP contribution in [-0.2, 0) is 9.53 Å². The standard InChI is InChI=1S/C12H21F2NO2/c1-4-8(2)5-9(3)15-7-10-6-12(13,14)11(16)17-10/h8-10,15H,4-7H2,1-3H3. The molecule has 1 saturated heterocycles. The fourth-order valence-electron chi connectivity index (χ4n) is 1.95. The van der Waals surface area contributed by atoms with Crippen LogP contribution in [0.15, 0.2) is 0 Å². The van der Waals surface area contributed by atoms with E-state index < -0.39 is 24.4 Å². The van der Waals surface area contributed by atoms with Gasteiger partial charge in [-0.15, -0.1) is 0 Å². The van der Waals surface area contributed by atoms with Crippen LogP contribution in [0.1, 0.15) is 40.0 Å². The highest BCUT2D eigenvalue weighted by Crippen LogP contribution is 2.30. The lowest BCUT2D eigenvalue weighted by Crippen LogP contribution is -2.34. The van der Waals surface area contributed by atoms with E-state index in [1.165, 1.54) is 0 Å². The van der Waals surface area contributed by atoms with Crippen molar-refractivity contribution in [1.82, 2.24) is 5.32 Å². The van der Waals surface area contributed by atoms with Gasteiger partial charge in [0, 0.05) is 12.6 Å². The van der Waals surface area contributed by atoms with Crippen molar-refractivity contribution < 1.29 is 18.3 Å². The molecule has 1 aliphatic heterocycles. The van der Waals surface area contributed by atoms with Gasteiger partial charge in [-0.05, 0) is 19.3 Å². The Labute approximate surface area is 101 Å². The summed E-state index contributed by atoms with van der Waals surface area (Å²) in [6.07, 6.45) is 0.891. The quantitative estimate of drug-likeness (QED) is 0.734. The van der Waals surface area contributed by atoms with Crippen LogP contribution in [0, 0.1) is 5.92 Å². The lowest BCUT2D eigenvalue weighted by Gasteiger charge is -2.19. The Bertz CT molecular complexity index is 271. The molecule has 1 rings (SSSR count). The minimum absolute atomic E-state index is 0.248. The van der Waals surface area contributed by atoms with Crippen LogP contribution < -0.4 is 5.32 Å². The first kappa shape index (κ1) is 14.4. The van der Waals surface area contributed by atoms with E-state index >= 15 is 0 Å². The van der Waals surface area contributed by atoms with Crippen LogP contribution in [0.3, 0.4) is 0 Å². The Morgan fingerprint density at radius 2 is 2.18 bits per heavy atom. The lowest BCUT2D eigenvalue weighted by atomic mass is 10.0. The molecule has 3 atom stereocenters. The van der Waals surface area contributed by atoms with Crippen LogP contribution in [0.4, 0.5) is 8.78 Å². The minimum atomic E-state index is -3.30. The van der Waals surface area contributed by atoms with Crippen molar-refractivity contribution in [3.8, 4) is 0 Å². The van der Waals surface area contributed by atoms with E-state index in [2.05, 4.69) is 23.9 Å². The SMILES string of the molecule is CCC(C)CC(C)NCC1CC(F)(F)C(=O)O1. The molecule has 0 spiro atoms. The highest BCUT2D eigenvalue weighted by Gasteiger charge is 2.50. The van der Waals surface area contributed by atoms with Crippen molar-refractivity contribution in [3.63, 3.8) is 0 Å². The van der Waals surface area contributed by atoms with E-state index in [0.717, 1.165) is 12.8 Å². The smallest absolute Gasteiger partial charge is 0.377 e. The maximum Gasteiger partial charge on any atom is 0.377 e. The third-order valence-corrected chi connectivity index (χ3v) is 3.20. The first-order valence-electron chi connectivity index (χ1n) is 6.17. The number of carbonyl (C=O) groups is 1. The molecular weight excluding hydrogens is 228 g/mol. The minimum Gasteiger partial charge on any atom is -0.456 e. The van der Waals surface area contributed by atoms with Crippen molar-refractivity contribution in [1.29, 1.82) is 0 Å². The first-order chi connectivity index (χ1) is 7.85.